The highest BCUT2D eigenvalue weighted by molar-refractivity contribution is 6.01. The Hall–Kier alpha value is -1.98. The second kappa shape index (κ2) is 8.91. The minimum absolute atomic E-state index is 0.0199. The van der Waals surface area contributed by atoms with Crippen LogP contribution in [0.5, 0.6) is 0 Å². The van der Waals surface area contributed by atoms with E-state index in [-0.39, 0.29) is 41.8 Å². The third kappa shape index (κ3) is 3.50. The van der Waals surface area contributed by atoms with Crippen LogP contribution in [0.2, 0.25) is 0 Å². The van der Waals surface area contributed by atoms with E-state index in [1.54, 1.807) is 6.08 Å². The molecule has 0 bridgehead atoms. The average Bonchev–Trinajstić information content (AvgIpc) is 3.02. The molecule has 0 aromatic carbocycles. The van der Waals surface area contributed by atoms with Gasteiger partial charge in [-0.15, -0.1) is 0 Å². The number of alkyl halides is 1. The highest BCUT2D eigenvalue weighted by Gasteiger charge is 2.72. The van der Waals surface area contributed by atoms with Crippen LogP contribution in [0.25, 0.3) is 0 Å². The van der Waals surface area contributed by atoms with Gasteiger partial charge in [-0.3, -0.25) is 9.59 Å². The zero-order valence-electron chi connectivity index (χ0n) is 21.2. The molecule has 0 radical (unpaired) electrons. The third-order valence-electron chi connectivity index (χ3n) is 9.82. The first-order chi connectivity index (χ1) is 16.0. The van der Waals surface area contributed by atoms with E-state index in [4.69, 9.17) is 9.47 Å². The van der Waals surface area contributed by atoms with E-state index in [0.29, 0.717) is 24.8 Å². The molecule has 0 aromatic heterocycles. The Labute approximate surface area is 202 Å². The van der Waals surface area contributed by atoms with Crippen LogP contribution < -0.4 is 0 Å². The maximum absolute atomic E-state index is 15.6. The largest absolute Gasteiger partial charge is 0.466 e. The van der Waals surface area contributed by atoms with Crippen molar-refractivity contribution in [3.63, 3.8) is 0 Å². The second-order valence-electron chi connectivity index (χ2n) is 11.4. The van der Waals surface area contributed by atoms with Crippen molar-refractivity contribution in [2.45, 2.75) is 90.8 Å². The summed E-state index contributed by atoms with van der Waals surface area (Å²) < 4.78 is 27.0. The van der Waals surface area contributed by atoms with Gasteiger partial charge in [0.2, 0.25) is 5.60 Å². The van der Waals surface area contributed by atoms with Crippen molar-refractivity contribution in [2.75, 3.05) is 7.11 Å². The summed E-state index contributed by atoms with van der Waals surface area (Å²) in [6.07, 6.45) is 9.18. The molecule has 5 nitrogen and oxygen atoms in total. The molecule has 6 heteroatoms. The Morgan fingerprint density at radius 3 is 2.59 bits per heavy atom. The maximum Gasteiger partial charge on any atom is 0.351 e. The molecule has 0 amide bonds. The topological polar surface area (TPSA) is 69.7 Å². The van der Waals surface area contributed by atoms with Gasteiger partial charge in [-0.1, -0.05) is 46.6 Å². The van der Waals surface area contributed by atoms with Crippen LogP contribution in [0, 0.1) is 34.5 Å². The Morgan fingerprint density at radius 2 is 1.91 bits per heavy atom. The van der Waals surface area contributed by atoms with Crippen LogP contribution in [0.15, 0.2) is 23.8 Å². The predicted molar refractivity (Wildman–Crippen MR) is 126 cm³/mol. The number of rotatable bonds is 6. The van der Waals surface area contributed by atoms with Gasteiger partial charge in [0.15, 0.2) is 5.78 Å². The molecular formula is C28H39FO5. The smallest absolute Gasteiger partial charge is 0.351 e. The van der Waals surface area contributed by atoms with Crippen LogP contribution in [-0.2, 0) is 23.9 Å². The highest BCUT2D eigenvalue weighted by atomic mass is 19.1. The summed E-state index contributed by atoms with van der Waals surface area (Å²) >= 11 is 0. The zero-order valence-corrected chi connectivity index (χ0v) is 21.2. The number of halogens is 1. The van der Waals surface area contributed by atoms with Gasteiger partial charge in [-0.25, -0.2) is 9.18 Å². The minimum Gasteiger partial charge on any atom is -0.466 e. The number of carbonyl (C=O) groups is 3. The number of allylic oxidation sites excluding steroid dienone is 4. The first-order valence-electron chi connectivity index (χ1n) is 12.9. The summed E-state index contributed by atoms with van der Waals surface area (Å²) in [4.78, 5) is 38.3. The van der Waals surface area contributed by atoms with Gasteiger partial charge in [0, 0.05) is 23.2 Å². The van der Waals surface area contributed by atoms with Crippen LogP contribution in [0.4, 0.5) is 4.39 Å². The Morgan fingerprint density at radius 1 is 1.18 bits per heavy atom. The van der Waals surface area contributed by atoms with Gasteiger partial charge in [0.25, 0.3) is 0 Å². The molecule has 0 heterocycles. The lowest BCUT2D eigenvalue weighted by molar-refractivity contribution is -0.209. The van der Waals surface area contributed by atoms with Crippen molar-refractivity contribution >= 4 is 17.7 Å². The number of ketones is 1. The molecule has 8 atom stereocenters. The van der Waals surface area contributed by atoms with Crippen LogP contribution in [-0.4, -0.2) is 36.6 Å². The van der Waals surface area contributed by atoms with E-state index in [0.717, 1.165) is 25.7 Å². The molecule has 0 unspecified atom stereocenters. The SMILES string of the molecule is CCCCCC(=O)O[C@]1(C(=O)OC)[C@@H](C)C[C@H]2[C@@H]3C[C@H](F)C4=CC(=O)C=C[C@]4(C)[C@H]3CC[C@@]21C. The Balaban J connectivity index is 1.70. The van der Waals surface area contributed by atoms with Gasteiger partial charge in [0.05, 0.1) is 7.11 Å². The van der Waals surface area contributed by atoms with Crippen molar-refractivity contribution < 1.29 is 28.2 Å². The number of esters is 2. The lowest BCUT2D eigenvalue weighted by Gasteiger charge is -2.58. The molecule has 0 N–H and O–H groups in total. The molecule has 0 aromatic rings. The van der Waals surface area contributed by atoms with E-state index >= 15 is 4.39 Å². The van der Waals surface area contributed by atoms with Crippen LogP contribution >= 0.6 is 0 Å². The Bertz CT molecular complexity index is 924. The van der Waals surface area contributed by atoms with Crippen molar-refractivity contribution in [2.24, 2.45) is 34.5 Å². The molecule has 4 rings (SSSR count). The summed E-state index contributed by atoms with van der Waals surface area (Å²) in [5.74, 6) is -0.997. The number of methoxy groups -OCH3 is 1. The third-order valence-corrected chi connectivity index (χ3v) is 9.82. The van der Waals surface area contributed by atoms with Gasteiger partial charge >= 0.3 is 11.9 Å². The predicted octanol–water partition coefficient (Wildman–Crippen LogP) is 5.52. The van der Waals surface area contributed by atoms with E-state index < -0.39 is 28.6 Å². The average molecular weight is 475 g/mol. The summed E-state index contributed by atoms with van der Waals surface area (Å²) in [6, 6.07) is 0. The molecular weight excluding hydrogens is 435 g/mol. The first kappa shape index (κ1) is 25.1. The summed E-state index contributed by atoms with van der Waals surface area (Å²) in [5, 5.41) is 0. The number of fused-ring (bicyclic) bond motifs is 5. The lowest BCUT2D eigenvalue weighted by atomic mass is 9.47. The van der Waals surface area contributed by atoms with Crippen molar-refractivity contribution in [3.05, 3.63) is 23.8 Å². The molecule has 3 saturated carbocycles. The normalized spacial score (nSPS) is 42.8. The number of ether oxygens (including phenoxy) is 2. The van der Waals surface area contributed by atoms with Crippen molar-refractivity contribution in [1.82, 2.24) is 0 Å². The van der Waals surface area contributed by atoms with Crippen molar-refractivity contribution in [3.8, 4) is 0 Å². The minimum atomic E-state index is -1.36. The van der Waals surface area contributed by atoms with Crippen LogP contribution in [0.3, 0.4) is 0 Å². The first-order valence-corrected chi connectivity index (χ1v) is 12.9. The number of hydrogen-bond acceptors (Lipinski definition) is 5. The zero-order chi connectivity index (χ0) is 24.9. The van der Waals surface area contributed by atoms with E-state index in [1.807, 2.05) is 19.9 Å². The fourth-order valence-corrected chi connectivity index (χ4v) is 8.12. The standard InChI is InChI=1S/C28H39FO5/c1-6-7-8-9-24(31)34-28(25(32)33-5)17(2)14-21-19-16-23(29)22-15-18(30)10-12-26(22,3)20(19)11-13-27(21,28)4/h10,12,15,17,19-21,23H,6-9,11,13-14,16H2,1-5H3/t17-,19+,20-,21-,23-,26+,27-,28-/m0/s1. The maximum atomic E-state index is 15.6. The van der Waals surface area contributed by atoms with Gasteiger partial charge in [-0.05, 0) is 67.6 Å². The fourth-order valence-electron chi connectivity index (χ4n) is 8.12. The van der Waals surface area contributed by atoms with E-state index in [9.17, 15) is 14.4 Å². The second-order valence-corrected chi connectivity index (χ2v) is 11.4. The number of hydrogen-bond donors (Lipinski definition) is 0. The molecule has 0 saturated heterocycles. The van der Waals surface area contributed by atoms with E-state index in [2.05, 4.69) is 13.8 Å². The highest BCUT2D eigenvalue weighted by Crippen LogP contribution is 2.69. The van der Waals surface area contributed by atoms with Crippen LogP contribution in [0.1, 0.15) is 79.1 Å². The fraction of sp³-hybridized carbons (Fsp3) is 0.750. The van der Waals surface area contributed by atoms with Gasteiger partial charge in [0.1, 0.15) is 6.17 Å². The summed E-state index contributed by atoms with van der Waals surface area (Å²) in [5.41, 5.74) is -1.90. The summed E-state index contributed by atoms with van der Waals surface area (Å²) in [7, 11) is 1.35. The number of carbonyl (C=O) groups excluding carboxylic acids is 3. The van der Waals surface area contributed by atoms with E-state index in [1.165, 1.54) is 13.2 Å². The molecule has 34 heavy (non-hydrogen) atoms. The monoisotopic (exact) mass is 474 g/mol. The summed E-state index contributed by atoms with van der Waals surface area (Å²) in [6.45, 7) is 8.14. The van der Waals surface area contributed by atoms with Crippen molar-refractivity contribution in [1.29, 1.82) is 0 Å². The lowest BCUT2D eigenvalue weighted by Crippen LogP contribution is -2.61. The molecule has 4 aliphatic rings. The van der Waals surface area contributed by atoms with Gasteiger partial charge < -0.3 is 9.47 Å². The number of unbranched alkanes of at least 4 members (excludes halogenated alkanes) is 2. The molecule has 3 fully saturated rings. The Kier molecular flexibility index (Phi) is 6.58. The molecule has 4 aliphatic carbocycles. The molecule has 0 spiro atoms. The molecule has 0 aliphatic heterocycles. The molecule has 188 valence electrons. The quantitative estimate of drug-likeness (QED) is 0.374. The van der Waals surface area contributed by atoms with Gasteiger partial charge in [-0.2, -0.15) is 0 Å².